The Bertz CT molecular complexity index is 1450. The molecule has 0 radical (unpaired) electrons. The molecule has 0 bridgehead atoms. The number of amides is 1. The summed E-state index contributed by atoms with van der Waals surface area (Å²) in [6.45, 7) is 3.05. The average molecular weight is 514 g/mol. The third kappa shape index (κ3) is 4.54. The zero-order valence-electron chi connectivity index (χ0n) is 18.7. The van der Waals surface area contributed by atoms with E-state index in [-0.39, 0.29) is 11.9 Å². The van der Waals surface area contributed by atoms with Gasteiger partial charge in [0.25, 0.3) is 5.91 Å². The molecule has 0 saturated carbocycles. The van der Waals surface area contributed by atoms with E-state index in [0.717, 1.165) is 37.9 Å². The first-order valence-electron chi connectivity index (χ1n) is 11.2. The second kappa shape index (κ2) is 9.69. The molecule has 1 aromatic heterocycles. The maximum atomic E-state index is 12.8. The third-order valence-corrected chi connectivity index (χ3v) is 6.38. The summed E-state index contributed by atoms with van der Waals surface area (Å²) in [4.78, 5) is 17.6. The van der Waals surface area contributed by atoms with E-state index in [2.05, 4.69) is 44.0 Å². The van der Waals surface area contributed by atoms with Crippen molar-refractivity contribution in [3.8, 4) is 5.75 Å². The zero-order valence-corrected chi connectivity index (χ0v) is 20.3. The molecular formula is C28H24BrN3O2. The van der Waals surface area contributed by atoms with Gasteiger partial charge in [-0.25, -0.2) is 4.98 Å². The standard InChI is InChI=1S/C28H24BrN3O2/c1-19(30-28(33)21-13-15-22(29)16-14-21)27-31-24-10-4-5-11-25(24)32(27)17-18-34-26-12-6-8-20-7-2-3-9-23(20)26/h2-16,19H,17-18H2,1H3,(H,30,33). The molecule has 5 rings (SSSR count). The molecular weight excluding hydrogens is 490 g/mol. The number of ether oxygens (including phenoxy) is 1. The van der Waals surface area contributed by atoms with Gasteiger partial charge in [-0.1, -0.05) is 64.5 Å². The van der Waals surface area contributed by atoms with Crippen LogP contribution in [0.25, 0.3) is 21.8 Å². The van der Waals surface area contributed by atoms with Crippen LogP contribution in [0.2, 0.25) is 0 Å². The van der Waals surface area contributed by atoms with Gasteiger partial charge in [0.05, 0.1) is 23.6 Å². The molecule has 5 nitrogen and oxygen atoms in total. The first-order chi connectivity index (χ1) is 16.6. The number of hydrogen-bond acceptors (Lipinski definition) is 3. The van der Waals surface area contributed by atoms with Crippen molar-refractivity contribution < 1.29 is 9.53 Å². The number of carbonyl (C=O) groups is 1. The Labute approximate surface area is 206 Å². The van der Waals surface area contributed by atoms with E-state index in [4.69, 9.17) is 9.72 Å². The van der Waals surface area contributed by atoms with Crippen LogP contribution in [-0.2, 0) is 6.54 Å². The number of benzene rings is 4. The fourth-order valence-electron chi connectivity index (χ4n) is 4.17. The zero-order chi connectivity index (χ0) is 23.5. The molecule has 4 aromatic carbocycles. The van der Waals surface area contributed by atoms with Crippen LogP contribution in [0.3, 0.4) is 0 Å². The smallest absolute Gasteiger partial charge is 0.251 e. The van der Waals surface area contributed by atoms with Crippen molar-refractivity contribution in [3.63, 3.8) is 0 Å². The molecule has 5 aromatic rings. The fraction of sp³-hybridized carbons (Fsp3) is 0.143. The first kappa shape index (κ1) is 22.2. The molecule has 1 amide bonds. The van der Waals surface area contributed by atoms with Crippen molar-refractivity contribution in [2.24, 2.45) is 0 Å². The molecule has 0 aliphatic carbocycles. The molecule has 1 N–H and O–H groups in total. The van der Waals surface area contributed by atoms with Gasteiger partial charge in [0.15, 0.2) is 0 Å². The Morgan fingerprint density at radius 1 is 0.971 bits per heavy atom. The van der Waals surface area contributed by atoms with Crippen molar-refractivity contribution in [1.29, 1.82) is 0 Å². The Hall–Kier alpha value is -3.64. The number of nitrogens with one attached hydrogen (secondary N) is 1. The molecule has 0 aliphatic heterocycles. The summed E-state index contributed by atoms with van der Waals surface area (Å²) in [6, 6.07) is 29.3. The van der Waals surface area contributed by atoms with Gasteiger partial charge in [0.2, 0.25) is 0 Å². The Morgan fingerprint density at radius 2 is 1.71 bits per heavy atom. The third-order valence-electron chi connectivity index (χ3n) is 5.85. The average Bonchev–Trinajstić information content (AvgIpc) is 3.23. The number of halogens is 1. The van der Waals surface area contributed by atoms with E-state index in [1.165, 1.54) is 0 Å². The van der Waals surface area contributed by atoms with E-state index in [1.54, 1.807) is 12.1 Å². The summed E-state index contributed by atoms with van der Waals surface area (Å²) in [7, 11) is 0. The summed E-state index contributed by atoms with van der Waals surface area (Å²) < 4.78 is 9.26. The van der Waals surface area contributed by atoms with Gasteiger partial charge in [0, 0.05) is 15.4 Å². The normalized spacial score (nSPS) is 12.1. The lowest BCUT2D eigenvalue weighted by Gasteiger charge is -2.17. The van der Waals surface area contributed by atoms with Crippen LogP contribution >= 0.6 is 15.9 Å². The van der Waals surface area contributed by atoms with Crippen molar-refractivity contribution in [3.05, 3.63) is 107 Å². The highest BCUT2D eigenvalue weighted by Gasteiger charge is 2.19. The summed E-state index contributed by atoms with van der Waals surface area (Å²) in [5.74, 6) is 1.53. The monoisotopic (exact) mass is 513 g/mol. The van der Waals surface area contributed by atoms with E-state index in [9.17, 15) is 4.79 Å². The maximum Gasteiger partial charge on any atom is 0.251 e. The molecule has 0 spiro atoms. The molecule has 34 heavy (non-hydrogen) atoms. The number of rotatable bonds is 7. The van der Waals surface area contributed by atoms with E-state index >= 15 is 0 Å². The molecule has 0 fully saturated rings. The van der Waals surface area contributed by atoms with Crippen LogP contribution in [0.5, 0.6) is 5.75 Å². The highest BCUT2D eigenvalue weighted by Crippen LogP contribution is 2.26. The number of hydrogen-bond donors (Lipinski definition) is 1. The summed E-state index contributed by atoms with van der Waals surface area (Å²) in [5, 5.41) is 5.33. The first-order valence-corrected chi connectivity index (χ1v) is 12.0. The molecule has 6 heteroatoms. The van der Waals surface area contributed by atoms with Gasteiger partial charge in [-0.15, -0.1) is 0 Å². The quantitative estimate of drug-likeness (QED) is 0.269. The lowest BCUT2D eigenvalue weighted by molar-refractivity contribution is 0.0937. The molecule has 1 atom stereocenters. The van der Waals surface area contributed by atoms with E-state index in [1.807, 2.05) is 67.6 Å². The molecule has 0 saturated heterocycles. The predicted octanol–water partition coefficient (Wildman–Crippen LogP) is 6.52. The second-order valence-corrected chi connectivity index (χ2v) is 9.05. The number of fused-ring (bicyclic) bond motifs is 2. The van der Waals surface area contributed by atoms with Gasteiger partial charge < -0.3 is 14.6 Å². The number of para-hydroxylation sites is 2. The largest absolute Gasteiger partial charge is 0.491 e. The number of imidazole rings is 1. The van der Waals surface area contributed by atoms with Crippen molar-refractivity contribution in [2.75, 3.05) is 6.61 Å². The lowest BCUT2D eigenvalue weighted by atomic mass is 10.1. The Kier molecular flexibility index (Phi) is 6.32. The predicted molar refractivity (Wildman–Crippen MR) is 139 cm³/mol. The maximum absolute atomic E-state index is 12.8. The summed E-state index contributed by atoms with van der Waals surface area (Å²) >= 11 is 3.41. The topological polar surface area (TPSA) is 56.2 Å². The number of aromatic nitrogens is 2. The van der Waals surface area contributed by atoms with Crippen molar-refractivity contribution in [1.82, 2.24) is 14.9 Å². The molecule has 0 aliphatic rings. The summed E-state index contributed by atoms with van der Waals surface area (Å²) in [5.41, 5.74) is 2.52. The van der Waals surface area contributed by atoms with Gasteiger partial charge in [-0.2, -0.15) is 0 Å². The minimum absolute atomic E-state index is 0.134. The van der Waals surface area contributed by atoms with Gasteiger partial charge in [-0.3, -0.25) is 4.79 Å². The Morgan fingerprint density at radius 3 is 2.56 bits per heavy atom. The SMILES string of the molecule is CC(NC(=O)c1ccc(Br)cc1)c1nc2ccccc2n1CCOc1cccc2ccccc12. The highest BCUT2D eigenvalue weighted by molar-refractivity contribution is 9.10. The van der Waals surface area contributed by atoms with Gasteiger partial charge in [0.1, 0.15) is 18.2 Å². The van der Waals surface area contributed by atoms with E-state index < -0.39 is 0 Å². The molecule has 1 heterocycles. The van der Waals surface area contributed by atoms with Gasteiger partial charge in [-0.05, 0) is 54.8 Å². The molecule has 1 unspecified atom stereocenters. The lowest BCUT2D eigenvalue weighted by Crippen LogP contribution is -2.29. The van der Waals surface area contributed by atoms with Crippen LogP contribution in [0.1, 0.15) is 29.1 Å². The Balaban J connectivity index is 1.37. The van der Waals surface area contributed by atoms with Crippen LogP contribution < -0.4 is 10.1 Å². The molecule has 170 valence electrons. The summed E-state index contributed by atoms with van der Waals surface area (Å²) in [6.07, 6.45) is 0. The minimum atomic E-state index is -0.277. The van der Waals surface area contributed by atoms with Crippen molar-refractivity contribution in [2.45, 2.75) is 19.5 Å². The van der Waals surface area contributed by atoms with Crippen LogP contribution in [0.15, 0.2) is 95.5 Å². The second-order valence-electron chi connectivity index (χ2n) is 8.14. The fourth-order valence-corrected chi connectivity index (χ4v) is 4.44. The number of nitrogens with zero attached hydrogens (tertiary/aromatic N) is 2. The van der Waals surface area contributed by atoms with Crippen LogP contribution in [0.4, 0.5) is 0 Å². The van der Waals surface area contributed by atoms with Crippen LogP contribution in [0, 0.1) is 0 Å². The van der Waals surface area contributed by atoms with Gasteiger partial charge >= 0.3 is 0 Å². The number of carbonyl (C=O) groups excluding carboxylic acids is 1. The van der Waals surface area contributed by atoms with Crippen LogP contribution in [-0.4, -0.2) is 22.1 Å². The van der Waals surface area contributed by atoms with E-state index in [0.29, 0.717) is 18.7 Å². The highest BCUT2D eigenvalue weighted by atomic mass is 79.9. The minimum Gasteiger partial charge on any atom is -0.491 e. The van der Waals surface area contributed by atoms with Crippen molar-refractivity contribution >= 4 is 43.6 Å².